The lowest BCUT2D eigenvalue weighted by Gasteiger charge is -2.06. The molecular weight excluding hydrogens is 206 g/mol. The Morgan fingerprint density at radius 1 is 1.44 bits per heavy atom. The second-order valence-corrected chi connectivity index (χ2v) is 3.37. The molecule has 0 aliphatic rings. The molecule has 2 aromatic rings. The lowest BCUT2D eigenvalue weighted by Crippen LogP contribution is -2.08. The second kappa shape index (κ2) is 4.19. The van der Waals surface area contributed by atoms with Crippen molar-refractivity contribution < 1.29 is 4.74 Å². The van der Waals surface area contributed by atoms with Crippen LogP contribution in [-0.4, -0.2) is 14.8 Å². The van der Waals surface area contributed by atoms with Gasteiger partial charge in [0.1, 0.15) is 11.6 Å². The molecule has 0 unspecified atom stereocenters. The molecule has 16 heavy (non-hydrogen) atoms. The molecule has 84 valence electrons. The molecule has 0 aromatic carbocycles. The molecule has 0 fully saturated rings. The highest BCUT2D eigenvalue weighted by Crippen LogP contribution is 2.22. The molecule has 2 rings (SSSR count). The predicted molar refractivity (Wildman–Crippen MR) is 60.1 cm³/mol. The third-order valence-electron chi connectivity index (χ3n) is 2.06. The molecule has 0 aliphatic heterocycles. The van der Waals surface area contributed by atoms with E-state index < -0.39 is 0 Å². The molecule has 0 spiro atoms. The summed E-state index contributed by atoms with van der Waals surface area (Å²) >= 11 is 0. The predicted octanol–water partition coefficient (Wildman–Crippen LogP) is 1.20. The number of nitrogens with zero attached hydrogens (tertiary/aromatic N) is 3. The Morgan fingerprint density at radius 3 is 2.88 bits per heavy atom. The van der Waals surface area contributed by atoms with E-state index in [1.54, 1.807) is 23.0 Å². The molecule has 2 heterocycles. The standard InChI is InChI=1S/C10H13N5O/c1-7-5-10(15(2)14-7)16-8-3-4-12-9(6-8)13-11/h3-6H,11H2,1-2H3,(H,12,13). The second-order valence-electron chi connectivity index (χ2n) is 3.37. The van der Waals surface area contributed by atoms with Crippen LogP contribution in [0.25, 0.3) is 0 Å². The van der Waals surface area contributed by atoms with Crippen LogP contribution in [0.4, 0.5) is 5.82 Å². The summed E-state index contributed by atoms with van der Waals surface area (Å²) in [5.74, 6) is 7.14. The fraction of sp³-hybridized carbons (Fsp3) is 0.200. The normalized spacial score (nSPS) is 10.2. The number of pyridine rings is 1. The first-order valence-corrected chi connectivity index (χ1v) is 4.80. The van der Waals surface area contributed by atoms with Crippen LogP contribution in [0.2, 0.25) is 0 Å². The van der Waals surface area contributed by atoms with Gasteiger partial charge >= 0.3 is 0 Å². The smallest absolute Gasteiger partial charge is 0.217 e. The number of hydrogen-bond donors (Lipinski definition) is 2. The van der Waals surface area contributed by atoms with Crippen molar-refractivity contribution in [2.45, 2.75) is 6.92 Å². The Morgan fingerprint density at radius 2 is 2.25 bits per heavy atom. The lowest BCUT2D eigenvalue weighted by molar-refractivity contribution is 0.430. The van der Waals surface area contributed by atoms with E-state index in [1.165, 1.54) is 0 Å². The van der Waals surface area contributed by atoms with E-state index in [0.717, 1.165) is 5.69 Å². The maximum Gasteiger partial charge on any atom is 0.217 e. The average molecular weight is 219 g/mol. The van der Waals surface area contributed by atoms with Crippen LogP contribution in [0, 0.1) is 6.92 Å². The number of ether oxygens (including phenoxy) is 1. The average Bonchev–Trinajstić information content (AvgIpc) is 2.58. The maximum absolute atomic E-state index is 5.64. The number of aromatic nitrogens is 3. The summed E-state index contributed by atoms with van der Waals surface area (Å²) in [5.41, 5.74) is 3.37. The van der Waals surface area contributed by atoms with Crippen molar-refractivity contribution in [2.75, 3.05) is 5.43 Å². The van der Waals surface area contributed by atoms with Crippen LogP contribution in [-0.2, 0) is 7.05 Å². The summed E-state index contributed by atoms with van der Waals surface area (Å²) in [7, 11) is 1.83. The first kappa shape index (κ1) is 10.4. The van der Waals surface area contributed by atoms with Gasteiger partial charge in [0.15, 0.2) is 0 Å². The van der Waals surface area contributed by atoms with E-state index in [9.17, 15) is 0 Å². The number of aryl methyl sites for hydroxylation is 2. The Hall–Kier alpha value is -2.08. The van der Waals surface area contributed by atoms with Crippen LogP contribution in [0.3, 0.4) is 0 Å². The molecule has 0 aliphatic carbocycles. The van der Waals surface area contributed by atoms with Crippen LogP contribution in [0.1, 0.15) is 5.69 Å². The Labute approximate surface area is 93.0 Å². The van der Waals surface area contributed by atoms with Crippen molar-refractivity contribution in [2.24, 2.45) is 12.9 Å². The third kappa shape index (κ3) is 2.12. The summed E-state index contributed by atoms with van der Waals surface area (Å²) in [6.07, 6.45) is 1.62. The van der Waals surface area contributed by atoms with Crippen LogP contribution < -0.4 is 16.0 Å². The van der Waals surface area contributed by atoms with Gasteiger partial charge in [-0.15, -0.1) is 0 Å². The SMILES string of the molecule is Cc1cc(Oc2ccnc(NN)c2)n(C)n1. The highest BCUT2D eigenvalue weighted by Gasteiger charge is 2.04. The van der Waals surface area contributed by atoms with Crippen molar-refractivity contribution >= 4 is 5.82 Å². The molecule has 3 N–H and O–H groups in total. The Bertz CT molecular complexity index is 494. The van der Waals surface area contributed by atoms with Gasteiger partial charge in [-0.1, -0.05) is 0 Å². The summed E-state index contributed by atoms with van der Waals surface area (Å²) in [5, 5.41) is 4.19. The van der Waals surface area contributed by atoms with Crippen molar-refractivity contribution in [1.29, 1.82) is 0 Å². The first-order valence-electron chi connectivity index (χ1n) is 4.80. The molecule has 2 aromatic heterocycles. The molecule has 0 saturated carbocycles. The maximum atomic E-state index is 5.64. The van der Waals surface area contributed by atoms with Crippen molar-refractivity contribution in [3.05, 3.63) is 30.1 Å². The molecule has 0 radical (unpaired) electrons. The van der Waals surface area contributed by atoms with E-state index in [1.807, 2.05) is 20.0 Å². The van der Waals surface area contributed by atoms with Gasteiger partial charge < -0.3 is 10.2 Å². The minimum absolute atomic E-state index is 0.552. The largest absolute Gasteiger partial charge is 0.439 e. The molecule has 0 atom stereocenters. The highest BCUT2D eigenvalue weighted by atomic mass is 16.5. The zero-order valence-corrected chi connectivity index (χ0v) is 9.14. The van der Waals surface area contributed by atoms with E-state index in [2.05, 4.69) is 15.5 Å². The highest BCUT2D eigenvalue weighted by molar-refractivity contribution is 5.40. The number of hydrazine groups is 1. The fourth-order valence-electron chi connectivity index (χ4n) is 1.36. The summed E-state index contributed by atoms with van der Waals surface area (Å²) in [6, 6.07) is 5.32. The molecule has 6 heteroatoms. The number of nitrogen functional groups attached to an aromatic ring is 1. The number of hydrogen-bond acceptors (Lipinski definition) is 5. The quantitative estimate of drug-likeness (QED) is 0.599. The molecule has 0 saturated heterocycles. The van der Waals surface area contributed by atoms with E-state index >= 15 is 0 Å². The summed E-state index contributed by atoms with van der Waals surface area (Å²) in [6.45, 7) is 1.91. The first-order chi connectivity index (χ1) is 7.69. The fourth-order valence-corrected chi connectivity index (χ4v) is 1.36. The van der Waals surface area contributed by atoms with Crippen LogP contribution >= 0.6 is 0 Å². The van der Waals surface area contributed by atoms with Crippen LogP contribution in [0.15, 0.2) is 24.4 Å². The van der Waals surface area contributed by atoms with Gasteiger partial charge in [-0.05, 0) is 13.0 Å². The zero-order valence-electron chi connectivity index (χ0n) is 9.14. The van der Waals surface area contributed by atoms with Crippen molar-refractivity contribution in [1.82, 2.24) is 14.8 Å². The van der Waals surface area contributed by atoms with E-state index in [0.29, 0.717) is 17.4 Å². The van der Waals surface area contributed by atoms with Gasteiger partial charge in [0, 0.05) is 25.4 Å². The third-order valence-corrected chi connectivity index (χ3v) is 2.06. The molecule has 0 bridgehead atoms. The van der Waals surface area contributed by atoms with Gasteiger partial charge in [-0.25, -0.2) is 15.5 Å². The summed E-state index contributed by atoms with van der Waals surface area (Å²) in [4.78, 5) is 3.99. The van der Waals surface area contributed by atoms with Gasteiger partial charge in [0.2, 0.25) is 5.88 Å². The van der Waals surface area contributed by atoms with Gasteiger partial charge in [0.25, 0.3) is 0 Å². The van der Waals surface area contributed by atoms with E-state index in [-0.39, 0.29) is 0 Å². The summed E-state index contributed by atoms with van der Waals surface area (Å²) < 4.78 is 7.31. The Kier molecular flexibility index (Phi) is 2.74. The van der Waals surface area contributed by atoms with E-state index in [4.69, 9.17) is 10.6 Å². The minimum atomic E-state index is 0.552. The van der Waals surface area contributed by atoms with Crippen molar-refractivity contribution in [3.8, 4) is 11.6 Å². The molecular formula is C10H13N5O. The zero-order chi connectivity index (χ0) is 11.5. The number of anilines is 1. The monoisotopic (exact) mass is 219 g/mol. The number of nitrogens with one attached hydrogen (secondary N) is 1. The number of rotatable bonds is 3. The van der Waals surface area contributed by atoms with Gasteiger partial charge in [0.05, 0.1) is 5.69 Å². The minimum Gasteiger partial charge on any atom is -0.439 e. The van der Waals surface area contributed by atoms with Crippen LogP contribution in [0.5, 0.6) is 11.6 Å². The topological polar surface area (TPSA) is 78.0 Å². The Balaban J connectivity index is 2.23. The molecule has 0 amide bonds. The lowest BCUT2D eigenvalue weighted by atomic mass is 10.4. The van der Waals surface area contributed by atoms with Crippen molar-refractivity contribution in [3.63, 3.8) is 0 Å². The molecule has 6 nitrogen and oxygen atoms in total. The number of nitrogens with two attached hydrogens (primary N) is 1. The van der Waals surface area contributed by atoms with Gasteiger partial charge in [-0.3, -0.25) is 0 Å². The van der Waals surface area contributed by atoms with Gasteiger partial charge in [-0.2, -0.15) is 5.10 Å².